The van der Waals surface area contributed by atoms with Gasteiger partial charge in [0, 0.05) is 19.1 Å². The van der Waals surface area contributed by atoms with E-state index in [4.69, 9.17) is 5.73 Å². The predicted molar refractivity (Wildman–Crippen MR) is 89.7 cm³/mol. The van der Waals surface area contributed by atoms with Gasteiger partial charge in [-0.3, -0.25) is 4.79 Å². The molecule has 0 bridgehead atoms. The Morgan fingerprint density at radius 2 is 1.76 bits per heavy atom. The summed E-state index contributed by atoms with van der Waals surface area (Å²) in [6.07, 6.45) is 3.64. The molecule has 3 nitrogen and oxygen atoms in total. The third kappa shape index (κ3) is 5.01. The maximum Gasteiger partial charge on any atom is 0.226 e. The Balaban J connectivity index is 0.00000220. The fourth-order valence-corrected chi connectivity index (χ4v) is 2.85. The third-order valence-electron chi connectivity index (χ3n) is 4.42. The number of carbonyl (C=O) groups excluding carboxylic acids is 1. The normalized spacial score (nSPS) is 17.2. The summed E-state index contributed by atoms with van der Waals surface area (Å²) in [6.45, 7) is 5.93. The Hall–Kier alpha value is -1.06. The second kappa shape index (κ2) is 8.40. The number of aryl methyl sites for hydroxylation is 1. The molecule has 1 atom stereocenters. The van der Waals surface area contributed by atoms with E-state index in [9.17, 15) is 4.79 Å². The minimum atomic E-state index is 0. The molecule has 1 saturated heterocycles. The summed E-state index contributed by atoms with van der Waals surface area (Å²) in [5, 5.41) is 0. The highest BCUT2D eigenvalue weighted by Crippen LogP contribution is 2.20. The molecule has 2 rings (SSSR count). The average Bonchev–Trinajstić information content (AvgIpc) is 2.48. The van der Waals surface area contributed by atoms with Crippen LogP contribution in [0, 0.1) is 5.92 Å². The summed E-state index contributed by atoms with van der Waals surface area (Å²) in [5.74, 6) is 0.820. The fraction of sp³-hybridized carbons (Fsp3) is 0.588. The van der Waals surface area contributed by atoms with Crippen LogP contribution in [-0.4, -0.2) is 29.9 Å². The maximum atomic E-state index is 12.3. The first-order valence-electron chi connectivity index (χ1n) is 7.71. The number of hydrogen-bond acceptors (Lipinski definition) is 2. The minimum Gasteiger partial charge on any atom is -0.342 e. The van der Waals surface area contributed by atoms with Gasteiger partial charge in [0.25, 0.3) is 0 Å². The van der Waals surface area contributed by atoms with Gasteiger partial charge in [-0.1, -0.05) is 31.2 Å². The van der Waals surface area contributed by atoms with E-state index in [0.29, 0.717) is 12.3 Å². The van der Waals surface area contributed by atoms with Crippen molar-refractivity contribution < 1.29 is 4.79 Å². The van der Waals surface area contributed by atoms with Gasteiger partial charge in [0.1, 0.15) is 0 Å². The Morgan fingerprint density at radius 3 is 2.24 bits per heavy atom. The van der Waals surface area contributed by atoms with Crippen molar-refractivity contribution in [2.24, 2.45) is 11.7 Å². The Kier molecular flexibility index (Phi) is 7.20. The van der Waals surface area contributed by atoms with Gasteiger partial charge in [0.05, 0.1) is 6.42 Å². The van der Waals surface area contributed by atoms with E-state index in [1.54, 1.807) is 0 Å². The van der Waals surface area contributed by atoms with E-state index >= 15 is 0 Å². The molecule has 1 aliphatic rings. The lowest BCUT2D eigenvalue weighted by Crippen LogP contribution is -2.43. The number of benzene rings is 1. The number of hydrogen-bond donors (Lipinski definition) is 1. The van der Waals surface area contributed by atoms with Gasteiger partial charge >= 0.3 is 0 Å². The Bertz CT molecular complexity index is 437. The summed E-state index contributed by atoms with van der Waals surface area (Å²) in [4.78, 5) is 14.3. The summed E-state index contributed by atoms with van der Waals surface area (Å²) >= 11 is 0. The van der Waals surface area contributed by atoms with Gasteiger partial charge < -0.3 is 10.6 Å². The van der Waals surface area contributed by atoms with Crippen LogP contribution in [0.1, 0.15) is 37.8 Å². The fourth-order valence-electron chi connectivity index (χ4n) is 2.85. The summed E-state index contributed by atoms with van der Waals surface area (Å²) < 4.78 is 0. The first-order chi connectivity index (χ1) is 9.60. The zero-order chi connectivity index (χ0) is 14.5. The number of likely N-dealkylation sites (tertiary alicyclic amines) is 1. The molecule has 1 fully saturated rings. The van der Waals surface area contributed by atoms with Crippen molar-refractivity contribution in [3.8, 4) is 0 Å². The van der Waals surface area contributed by atoms with Crippen LogP contribution in [0.25, 0.3) is 0 Å². The number of nitrogens with zero attached hydrogens (tertiary/aromatic N) is 1. The Morgan fingerprint density at radius 1 is 1.24 bits per heavy atom. The molecule has 1 unspecified atom stereocenters. The zero-order valence-corrected chi connectivity index (χ0v) is 13.9. The van der Waals surface area contributed by atoms with Crippen LogP contribution in [0.3, 0.4) is 0 Å². The number of piperidine rings is 1. The van der Waals surface area contributed by atoms with Crippen molar-refractivity contribution in [3.63, 3.8) is 0 Å². The molecule has 21 heavy (non-hydrogen) atoms. The molecule has 0 aromatic heterocycles. The highest BCUT2D eigenvalue weighted by atomic mass is 35.5. The number of rotatable bonds is 4. The van der Waals surface area contributed by atoms with Gasteiger partial charge in [-0.05, 0) is 43.2 Å². The second-order valence-electron chi connectivity index (χ2n) is 5.92. The topological polar surface area (TPSA) is 46.3 Å². The van der Waals surface area contributed by atoms with Gasteiger partial charge in [-0.25, -0.2) is 0 Å². The van der Waals surface area contributed by atoms with Crippen molar-refractivity contribution in [1.29, 1.82) is 0 Å². The predicted octanol–water partition coefficient (Wildman–Crippen LogP) is 2.80. The largest absolute Gasteiger partial charge is 0.342 e. The molecule has 1 aromatic carbocycles. The van der Waals surface area contributed by atoms with E-state index in [0.717, 1.165) is 37.9 Å². The van der Waals surface area contributed by atoms with Crippen LogP contribution >= 0.6 is 12.4 Å². The molecule has 2 N–H and O–H groups in total. The first-order valence-corrected chi connectivity index (χ1v) is 7.71. The molecule has 4 heteroatoms. The molecule has 1 amide bonds. The highest BCUT2D eigenvalue weighted by molar-refractivity contribution is 5.85. The van der Waals surface area contributed by atoms with Crippen molar-refractivity contribution >= 4 is 18.3 Å². The van der Waals surface area contributed by atoms with Gasteiger partial charge in [-0.2, -0.15) is 0 Å². The number of halogens is 1. The lowest BCUT2D eigenvalue weighted by atomic mass is 9.91. The van der Waals surface area contributed by atoms with Crippen LogP contribution in [-0.2, 0) is 17.6 Å². The molecule has 0 saturated carbocycles. The molecular formula is C17H27ClN2O. The van der Waals surface area contributed by atoms with Crippen LogP contribution in [0.15, 0.2) is 24.3 Å². The van der Waals surface area contributed by atoms with Crippen molar-refractivity contribution in [3.05, 3.63) is 35.4 Å². The van der Waals surface area contributed by atoms with Crippen LogP contribution in [0.5, 0.6) is 0 Å². The third-order valence-corrected chi connectivity index (χ3v) is 4.42. The number of carbonyl (C=O) groups is 1. The molecule has 1 aliphatic heterocycles. The Labute approximate surface area is 134 Å². The SMILES string of the molecule is CCc1ccc(CC(=O)N2CCC(C(C)N)CC2)cc1.Cl. The molecule has 0 aliphatic carbocycles. The maximum absolute atomic E-state index is 12.3. The van der Waals surface area contributed by atoms with E-state index in [2.05, 4.69) is 38.1 Å². The van der Waals surface area contributed by atoms with E-state index in [-0.39, 0.29) is 24.4 Å². The van der Waals surface area contributed by atoms with Crippen LogP contribution < -0.4 is 5.73 Å². The van der Waals surface area contributed by atoms with Crippen molar-refractivity contribution in [2.45, 2.75) is 45.6 Å². The average molecular weight is 311 g/mol. The molecule has 1 aromatic rings. The first kappa shape index (κ1) is 18.0. The van der Waals surface area contributed by atoms with Crippen molar-refractivity contribution in [2.75, 3.05) is 13.1 Å². The monoisotopic (exact) mass is 310 g/mol. The van der Waals surface area contributed by atoms with Crippen LogP contribution in [0.4, 0.5) is 0 Å². The molecular weight excluding hydrogens is 284 g/mol. The van der Waals surface area contributed by atoms with E-state index < -0.39 is 0 Å². The number of nitrogens with two attached hydrogens (primary N) is 1. The van der Waals surface area contributed by atoms with Gasteiger partial charge in [-0.15, -0.1) is 12.4 Å². The molecule has 1 heterocycles. The zero-order valence-electron chi connectivity index (χ0n) is 13.0. The van der Waals surface area contributed by atoms with Gasteiger partial charge in [0.15, 0.2) is 0 Å². The molecule has 0 radical (unpaired) electrons. The van der Waals surface area contributed by atoms with Crippen LogP contribution in [0.2, 0.25) is 0 Å². The summed E-state index contributed by atoms with van der Waals surface area (Å²) in [5.41, 5.74) is 8.37. The highest BCUT2D eigenvalue weighted by Gasteiger charge is 2.24. The molecule has 0 spiro atoms. The summed E-state index contributed by atoms with van der Waals surface area (Å²) in [7, 11) is 0. The summed E-state index contributed by atoms with van der Waals surface area (Å²) in [6, 6.07) is 8.63. The smallest absolute Gasteiger partial charge is 0.226 e. The standard InChI is InChI=1S/C17H26N2O.ClH/c1-3-14-4-6-15(7-5-14)12-17(20)19-10-8-16(9-11-19)13(2)18;/h4-7,13,16H,3,8-12,18H2,1-2H3;1H. The lowest BCUT2D eigenvalue weighted by Gasteiger charge is -2.33. The van der Waals surface area contributed by atoms with Gasteiger partial charge in [0.2, 0.25) is 5.91 Å². The number of amides is 1. The quantitative estimate of drug-likeness (QED) is 0.929. The lowest BCUT2D eigenvalue weighted by molar-refractivity contribution is -0.131. The minimum absolute atomic E-state index is 0. The van der Waals surface area contributed by atoms with E-state index in [1.807, 2.05) is 4.90 Å². The van der Waals surface area contributed by atoms with Crippen molar-refractivity contribution in [1.82, 2.24) is 4.90 Å². The molecule has 118 valence electrons. The second-order valence-corrected chi connectivity index (χ2v) is 5.92. The van der Waals surface area contributed by atoms with E-state index in [1.165, 1.54) is 5.56 Å².